The van der Waals surface area contributed by atoms with Crippen LogP contribution in [0.2, 0.25) is 0 Å². The summed E-state index contributed by atoms with van der Waals surface area (Å²) in [7, 11) is 3.28. The van der Waals surface area contributed by atoms with Gasteiger partial charge in [-0.2, -0.15) is 0 Å². The average molecular weight is 289 g/mol. The number of ether oxygens (including phenoxy) is 2. The predicted molar refractivity (Wildman–Crippen MR) is 84.7 cm³/mol. The normalized spacial score (nSPS) is 12.5. The summed E-state index contributed by atoms with van der Waals surface area (Å²) in [6.45, 7) is 1.95. The van der Waals surface area contributed by atoms with Gasteiger partial charge < -0.3 is 19.9 Å². The first kappa shape index (κ1) is 15.8. The summed E-state index contributed by atoms with van der Waals surface area (Å²) >= 11 is 0. The monoisotopic (exact) mass is 289 g/mol. The van der Waals surface area contributed by atoms with E-state index < -0.39 is 6.10 Å². The highest BCUT2D eigenvalue weighted by Gasteiger charge is 2.03. The van der Waals surface area contributed by atoms with Crippen LogP contribution in [0.1, 0.15) is 12.0 Å². The quantitative estimate of drug-likeness (QED) is 0.732. The van der Waals surface area contributed by atoms with E-state index in [9.17, 15) is 5.11 Å². The molecule has 0 heterocycles. The molecule has 0 saturated carbocycles. The van der Waals surface area contributed by atoms with Crippen molar-refractivity contribution in [1.29, 1.82) is 0 Å². The summed E-state index contributed by atoms with van der Waals surface area (Å²) in [5.74, 6) is 0.875. The summed E-state index contributed by atoms with van der Waals surface area (Å²) in [6, 6.07) is 12.5. The Morgan fingerprint density at radius 2 is 1.86 bits per heavy atom. The number of rotatable bonds is 8. The maximum atomic E-state index is 9.56. The van der Waals surface area contributed by atoms with Gasteiger partial charge in [-0.1, -0.05) is 18.2 Å². The Bertz CT molecular complexity index is 571. The Hall–Kier alpha value is -1.62. The molecule has 2 aromatic rings. The van der Waals surface area contributed by atoms with Gasteiger partial charge in [-0.05, 0) is 47.5 Å². The van der Waals surface area contributed by atoms with Crippen LogP contribution in [0.3, 0.4) is 0 Å². The average Bonchev–Trinajstić information content (AvgIpc) is 2.51. The molecule has 0 aliphatic heterocycles. The number of hydrogen-bond acceptors (Lipinski definition) is 4. The van der Waals surface area contributed by atoms with Crippen LogP contribution in [0.25, 0.3) is 10.8 Å². The summed E-state index contributed by atoms with van der Waals surface area (Å²) < 4.78 is 10.1. The van der Waals surface area contributed by atoms with E-state index in [-0.39, 0.29) is 0 Å². The van der Waals surface area contributed by atoms with Crippen molar-refractivity contribution >= 4 is 10.8 Å². The predicted octanol–water partition coefficient (Wildman–Crippen LogP) is 2.34. The number of fused-ring (bicyclic) bond motifs is 1. The summed E-state index contributed by atoms with van der Waals surface area (Å²) in [5, 5.41) is 15.3. The Morgan fingerprint density at radius 3 is 2.62 bits per heavy atom. The van der Waals surface area contributed by atoms with Gasteiger partial charge >= 0.3 is 0 Å². The molecule has 2 N–H and O–H groups in total. The molecule has 4 heteroatoms. The SMILES string of the molecule is COCC(O)CCNCc1ccc2cc(OC)ccc2c1. The van der Waals surface area contributed by atoms with Gasteiger partial charge in [0.15, 0.2) is 0 Å². The third kappa shape index (κ3) is 4.70. The molecule has 114 valence electrons. The number of aliphatic hydroxyl groups excluding tert-OH is 1. The Kier molecular flexibility index (Phi) is 5.99. The van der Waals surface area contributed by atoms with Crippen molar-refractivity contribution in [2.24, 2.45) is 0 Å². The zero-order valence-corrected chi connectivity index (χ0v) is 12.6. The van der Waals surface area contributed by atoms with Crippen molar-refractivity contribution in [3.63, 3.8) is 0 Å². The lowest BCUT2D eigenvalue weighted by molar-refractivity contribution is 0.0594. The third-order valence-electron chi connectivity index (χ3n) is 3.45. The molecule has 0 amide bonds. The zero-order valence-electron chi connectivity index (χ0n) is 12.6. The second kappa shape index (κ2) is 7.98. The van der Waals surface area contributed by atoms with Crippen LogP contribution in [0, 0.1) is 0 Å². The maximum absolute atomic E-state index is 9.56. The smallest absolute Gasteiger partial charge is 0.119 e. The molecule has 2 aromatic carbocycles. The van der Waals surface area contributed by atoms with E-state index in [1.165, 1.54) is 16.3 Å². The van der Waals surface area contributed by atoms with Gasteiger partial charge in [0, 0.05) is 13.7 Å². The van der Waals surface area contributed by atoms with Crippen molar-refractivity contribution in [2.75, 3.05) is 27.4 Å². The minimum Gasteiger partial charge on any atom is -0.497 e. The molecule has 0 aromatic heterocycles. The summed E-state index contributed by atoms with van der Waals surface area (Å²) in [6.07, 6.45) is 0.296. The van der Waals surface area contributed by atoms with Gasteiger partial charge in [-0.3, -0.25) is 0 Å². The summed E-state index contributed by atoms with van der Waals surface area (Å²) in [4.78, 5) is 0. The second-order valence-electron chi connectivity index (χ2n) is 5.12. The van der Waals surface area contributed by atoms with Crippen molar-refractivity contribution in [2.45, 2.75) is 19.1 Å². The maximum Gasteiger partial charge on any atom is 0.119 e. The molecular weight excluding hydrogens is 266 g/mol. The first-order valence-corrected chi connectivity index (χ1v) is 7.17. The second-order valence-corrected chi connectivity index (χ2v) is 5.12. The molecule has 0 fully saturated rings. The largest absolute Gasteiger partial charge is 0.497 e. The van der Waals surface area contributed by atoms with E-state index in [1.807, 2.05) is 12.1 Å². The first-order valence-electron chi connectivity index (χ1n) is 7.17. The van der Waals surface area contributed by atoms with E-state index in [1.54, 1.807) is 14.2 Å². The standard InChI is InChI=1S/C17H23NO3/c1-20-12-16(19)7-8-18-11-13-3-4-15-10-17(21-2)6-5-14(15)9-13/h3-6,9-10,16,18-19H,7-8,11-12H2,1-2H3. The van der Waals surface area contributed by atoms with Crippen LogP contribution in [0.4, 0.5) is 0 Å². The number of nitrogens with one attached hydrogen (secondary N) is 1. The molecule has 1 unspecified atom stereocenters. The van der Waals surface area contributed by atoms with E-state index in [2.05, 4.69) is 29.6 Å². The van der Waals surface area contributed by atoms with E-state index in [4.69, 9.17) is 9.47 Å². The van der Waals surface area contributed by atoms with Crippen LogP contribution in [0.5, 0.6) is 5.75 Å². The number of aliphatic hydroxyl groups is 1. The third-order valence-corrected chi connectivity index (χ3v) is 3.45. The molecule has 0 bridgehead atoms. The molecule has 0 aliphatic carbocycles. The van der Waals surface area contributed by atoms with Gasteiger partial charge in [0.05, 0.1) is 19.8 Å². The van der Waals surface area contributed by atoms with Crippen molar-refractivity contribution < 1.29 is 14.6 Å². The molecule has 21 heavy (non-hydrogen) atoms. The van der Waals surface area contributed by atoms with Crippen LogP contribution in [0.15, 0.2) is 36.4 Å². The first-order chi connectivity index (χ1) is 10.2. The minimum atomic E-state index is -0.397. The molecule has 1 atom stereocenters. The molecule has 0 radical (unpaired) electrons. The topological polar surface area (TPSA) is 50.7 Å². The van der Waals surface area contributed by atoms with E-state index in [0.29, 0.717) is 13.0 Å². The molecule has 0 aliphatic rings. The number of benzene rings is 2. The fraction of sp³-hybridized carbons (Fsp3) is 0.412. The van der Waals surface area contributed by atoms with Gasteiger partial charge in [0.2, 0.25) is 0 Å². The van der Waals surface area contributed by atoms with Crippen LogP contribution < -0.4 is 10.1 Å². The lowest BCUT2D eigenvalue weighted by atomic mass is 10.1. The van der Waals surface area contributed by atoms with Gasteiger partial charge in [0.1, 0.15) is 5.75 Å². The Labute approximate surface area is 125 Å². The summed E-state index contributed by atoms with van der Waals surface area (Å²) in [5.41, 5.74) is 1.23. The van der Waals surface area contributed by atoms with Gasteiger partial charge in [-0.25, -0.2) is 0 Å². The Balaban J connectivity index is 1.88. The highest BCUT2D eigenvalue weighted by atomic mass is 16.5. The lowest BCUT2D eigenvalue weighted by Crippen LogP contribution is -2.22. The molecular formula is C17H23NO3. The Morgan fingerprint density at radius 1 is 1.10 bits per heavy atom. The van der Waals surface area contributed by atoms with Crippen LogP contribution in [-0.4, -0.2) is 38.6 Å². The number of hydrogen-bond donors (Lipinski definition) is 2. The van der Waals surface area contributed by atoms with Crippen molar-refractivity contribution in [1.82, 2.24) is 5.32 Å². The van der Waals surface area contributed by atoms with Crippen molar-refractivity contribution in [3.8, 4) is 5.75 Å². The van der Waals surface area contributed by atoms with E-state index in [0.717, 1.165) is 18.8 Å². The van der Waals surface area contributed by atoms with Crippen LogP contribution in [-0.2, 0) is 11.3 Å². The molecule has 2 rings (SSSR count). The van der Waals surface area contributed by atoms with Gasteiger partial charge in [-0.15, -0.1) is 0 Å². The lowest BCUT2D eigenvalue weighted by Gasteiger charge is -2.10. The highest BCUT2D eigenvalue weighted by molar-refractivity contribution is 5.84. The number of methoxy groups -OCH3 is 2. The van der Waals surface area contributed by atoms with Crippen LogP contribution >= 0.6 is 0 Å². The molecule has 0 spiro atoms. The minimum absolute atomic E-state index is 0.388. The van der Waals surface area contributed by atoms with Gasteiger partial charge in [0.25, 0.3) is 0 Å². The molecule has 0 saturated heterocycles. The van der Waals surface area contributed by atoms with Crippen molar-refractivity contribution in [3.05, 3.63) is 42.0 Å². The fourth-order valence-electron chi connectivity index (χ4n) is 2.29. The fourth-order valence-corrected chi connectivity index (χ4v) is 2.29. The highest BCUT2D eigenvalue weighted by Crippen LogP contribution is 2.21. The molecule has 4 nitrogen and oxygen atoms in total. The van der Waals surface area contributed by atoms with E-state index >= 15 is 0 Å². The zero-order chi connectivity index (χ0) is 15.1.